The Morgan fingerprint density at radius 3 is 2.71 bits per heavy atom. The van der Waals surface area contributed by atoms with Crippen LogP contribution in [0.1, 0.15) is 31.2 Å². The summed E-state index contributed by atoms with van der Waals surface area (Å²) in [6, 6.07) is 14.4. The molecule has 1 N–H and O–H groups in total. The number of hydrogen-bond donors (Lipinski definition) is 1. The number of aliphatic hydroxyl groups is 1. The van der Waals surface area contributed by atoms with Crippen molar-refractivity contribution in [2.24, 2.45) is 0 Å². The lowest BCUT2D eigenvalue weighted by Crippen LogP contribution is -2.04. The summed E-state index contributed by atoms with van der Waals surface area (Å²) in [6.45, 7) is 2.09. The highest BCUT2D eigenvalue weighted by Gasteiger charge is 2.14. The standard InChI is InChI=1S/C17H19N3O/c1-2-3-10-17-15(12-21)18-19-20(17)16-11-6-8-13-7-4-5-9-14(13)16/h4-9,11,21H,2-3,10,12H2,1H3. The van der Waals surface area contributed by atoms with Crippen molar-refractivity contribution in [2.75, 3.05) is 0 Å². The minimum absolute atomic E-state index is 0.0657. The van der Waals surface area contributed by atoms with Gasteiger partial charge in [-0.2, -0.15) is 0 Å². The maximum absolute atomic E-state index is 9.48. The van der Waals surface area contributed by atoms with Gasteiger partial charge in [-0.15, -0.1) is 5.10 Å². The van der Waals surface area contributed by atoms with E-state index in [0.29, 0.717) is 5.69 Å². The van der Waals surface area contributed by atoms with Crippen molar-refractivity contribution in [1.29, 1.82) is 0 Å². The van der Waals surface area contributed by atoms with Gasteiger partial charge in [0.2, 0.25) is 0 Å². The summed E-state index contributed by atoms with van der Waals surface area (Å²) in [5.74, 6) is 0. The number of unbranched alkanes of at least 4 members (excludes halogenated alkanes) is 1. The van der Waals surface area contributed by atoms with E-state index >= 15 is 0 Å². The van der Waals surface area contributed by atoms with Gasteiger partial charge in [0.05, 0.1) is 18.0 Å². The Kier molecular flexibility index (Phi) is 3.97. The first-order chi connectivity index (χ1) is 10.3. The zero-order chi connectivity index (χ0) is 14.7. The molecule has 4 nitrogen and oxygen atoms in total. The highest BCUT2D eigenvalue weighted by molar-refractivity contribution is 5.90. The molecule has 0 radical (unpaired) electrons. The molecule has 3 rings (SSSR count). The molecule has 1 aromatic heterocycles. The molecule has 0 bridgehead atoms. The fourth-order valence-electron chi connectivity index (χ4n) is 2.64. The van der Waals surface area contributed by atoms with E-state index in [-0.39, 0.29) is 6.61 Å². The van der Waals surface area contributed by atoms with Gasteiger partial charge < -0.3 is 5.11 Å². The minimum Gasteiger partial charge on any atom is -0.390 e. The lowest BCUT2D eigenvalue weighted by atomic mass is 10.1. The zero-order valence-electron chi connectivity index (χ0n) is 12.2. The molecular weight excluding hydrogens is 262 g/mol. The van der Waals surface area contributed by atoms with Crippen molar-refractivity contribution >= 4 is 10.8 Å². The van der Waals surface area contributed by atoms with Gasteiger partial charge in [-0.25, -0.2) is 4.68 Å². The molecule has 0 aliphatic heterocycles. The van der Waals surface area contributed by atoms with Crippen molar-refractivity contribution < 1.29 is 5.11 Å². The summed E-state index contributed by atoms with van der Waals surface area (Å²) in [5.41, 5.74) is 2.71. The van der Waals surface area contributed by atoms with Crippen LogP contribution in [0.4, 0.5) is 0 Å². The Morgan fingerprint density at radius 2 is 1.90 bits per heavy atom. The van der Waals surface area contributed by atoms with E-state index in [2.05, 4.69) is 35.4 Å². The van der Waals surface area contributed by atoms with Gasteiger partial charge in [-0.3, -0.25) is 0 Å². The number of nitrogens with zero attached hydrogens (tertiary/aromatic N) is 3. The number of hydrogen-bond acceptors (Lipinski definition) is 3. The number of aromatic nitrogens is 3. The van der Waals surface area contributed by atoms with Crippen LogP contribution in [0.15, 0.2) is 42.5 Å². The van der Waals surface area contributed by atoms with E-state index in [1.54, 1.807) is 0 Å². The number of aliphatic hydroxyl groups excluding tert-OH is 1. The van der Waals surface area contributed by atoms with Crippen molar-refractivity contribution in [2.45, 2.75) is 32.8 Å². The van der Waals surface area contributed by atoms with Crippen LogP contribution in [0.25, 0.3) is 16.5 Å². The SMILES string of the molecule is CCCCc1c(CO)nnn1-c1cccc2ccccc12. The van der Waals surface area contributed by atoms with Crippen molar-refractivity contribution in [3.8, 4) is 5.69 Å². The van der Waals surface area contributed by atoms with Crippen molar-refractivity contribution in [3.63, 3.8) is 0 Å². The molecule has 4 heteroatoms. The molecule has 3 aromatic rings. The number of rotatable bonds is 5. The molecule has 0 saturated carbocycles. The molecule has 0 aliphatic carbocycles. The molecule has 0 aliphatic rings. The lowest BCUT2D eigenvalue weighted by molar-refractivity contribution is 0.275. The van der Waals surface area contributed by atoms with Crippen LogP contribution in [0.5, 0.6) is 0 Å². The van der Waals surface area contributed by atoms with E-state index in [4.69, 9.17) is 0 Å². The molecule has 0 fully saturated rings. The lowest BCUT2D eigenvalue weighted by Gasteiger charge is -2.10. The fraction of sp³-hybridized carbons (Fsp3) is 0.294. The first-order valence-electron chi connectivity index (χ1n) is 7.37. The Balaban J connectivity index is 2.16. The highest BCUT2D eigenvalue weighted by atomic mass is 16.3. The second kappa shape index (κ2) is 6.06. The van der Waals surface area contributed by atoms with E-state index in [0.717, 1.165) is 36.0 Å². The first kappa shape index (κ1) is 13.8. The van der Waals surface area contributed by atoms with Gasteiger partial charge in [0, 0.05) is 5.39 Å². The van der Waals surface area contributed by atoms with Gasteiger partial charge in [0.25, 0.3) is 0 Å². The van der Waals surface area contributed by atoms with Crippen LogP contribution in [-0.2, 0) is 13.0 Å². The summed E-state index contributed by atoms with van der Waals surface area (Å²) >= 11 is 0. The second-order valence-corrected chi connectivity index (χ2v) is 5.15. The quantitative estimate of drug-likeness (QED) is 0.781. The largest absolute Gasteiger partial charge is 0.390 e. The van der Waals surface area contributed by atoms with Gasteiger partial charge in [0.1, 0.15) is 5.69 Å². The predicted octanol–water partition coefficient (Wildman–Crippen LogP) is 3.26. The van der Waals surface area contributed by atoms with Crippen LogP contribution in [0.2, 0.25) is 0 Å². The zero-order valence-corrected chi connectivity index (χ0v) is 12.2. The van der Waals surface area contributed by atoms with Gasteiger partial charge in [-0.05, 0) is 24.3 Å². The minimum atomic E-state index is -0.0657. The molecule has 0 amide bonds. The predicted molar refractivity (Wildman–Crippen MR) is 83.4 cm³/mol. The van der Waals surface area contributed by atoms with E-state index in [1.807, 2.05) is 28.9 Å². The van der Waals surface area contributed by atoms with E-state index in [9.17, 15) is 5.11 Å². The van der Waals surface area contributed by atoms with Gasteiger partial charge in [0.15, 0.2) is 0 Å². The molecule has 0 atom stereocenters. The summed E-state index contributed by atoms with van der Waals surface area (Å²) in [5, 5.41) is 20.2. The van der Waals surface area contributed by atoms with Crippen LogP contribution < -0.4 is 0 Å². The highest BCUT2D eigenvalue weighted by Crippen LogP contribution is 2.24. The molecular formula is C17H19N3O. The summed E-state index contributed by atoms with van der Waals surface area (Å²) in [6.07, 6.45) is 3.04. The summed E-state index contributed by atoms with van der Waals surface area (Å²) in [7, 11) is 0. The molecule has 108 valence electrons. The number of benzene rings is 2. The van der Waals surface area contributed by atoms with Crippen molar-refractivity contribution in [1.82, 2.24) is 15.0 Å². The smallest absolute Gasteiger partial charge is 0.112 e. The maximum Gasteiger partial charge on any atom is 0.112 e. The normalized spacial score (nSPS) is 11.1. The maximum atomic E-state index is 9.48. The topological polar surface area (TPSA) is 50.9 Å². The third-order valence-electron chi connectivity index (χ3n) is 3.76. The van der Waals surface area contributed by atoms with Crippen LogP contribution in [-0.4, -0.2) is 20.1 Å². The molecule has 0 spiro atoms. The van der Waals surface area contributed by atoms with E-state index < -0.39 is 0 Å². The van der Waals surface area contributed by atoms with Gasteiger partial charge in [-0.1, -0.05) is 55.0 Å². The molecule has 0 unspecified atom stereocenters. The van der Waals surface area contributed by atoms with E-state index in [1.165, 1.54) is 5.39 Å². The molecule has 21 heavy (non-hydrogen) atoms. The molecule has 0 saturated heterocycles. The summed E-state index contributed by atoms with van der Waals surface area (Å²) < 4.78 is 1.88. The first-order valence-corrected chi connectivity index (χ1v) is 7.37. The Bertz CT molecular complexity index is 743. The average molecular weight is 281 g/mol. The third-order valence-corrected chi connectivity index (χ3v) is 3.76. The van der Waals surface area contributed by atoms with Crippen LogP contribution >= 0.6 is 0 Å². The number of fused-ring (bicyclic) bond motifs is 1. The third kappa shape index (κ3) is 2.54. The van der Waals surface area contributed by atoms with Gasteiger partial charge >= 0.3 is 0 Å². The average Bonchev–Trinajstić information content (AvgIpc) is 2.95. The van der Waals surface area contributed by atoms with Crippen LogP contribution in [0.3, 0.4) is 0 Å². The molecule has 1 heterocycles. The molecule has 2 aromatic carbocycles. The Morgan fingerprint density at radius 1 is 1.10 bits per heavy atom. The second-order valence-electron chi connectivity index (χ2n) is 5.15. The Hall–Kier alpha value is -2.20. The summed E-state index contributed by atoms with van der Waals surface area (Å²) in [4.78, 5) is 0. The van der Waals surface area contributed by atoms with Crippen molar-refractivity contribution in [3.05, 3.63) is 53.9 Å². The monoisotopic (exact) mass is 281 g/mol. The fourth-order valence-corrected chi connectivity index (χ4v) is 2.64. The van der Waals surface area contributed by atoms with Crippen LogP contribution in [0, 0.1) is 0 Å². The Labute approximate surface area is 124 Å².